The second kappa shape index (κ2) is 4.77. The summed E-state index contributed by atoms with van der Waals surface area (Å²) in [7, 11) is 1.79. The number of hydrogen-bond acceptors (Lipinski definition) is 4. The number of pyridine rings is 1. The normalized spacial score (nSPS) is 20.6. The largest absolute Gasteiger partial charge is 0.373 e. The van der Waals surface area contributed by atoms with Crippen LogP contribution in [0.4, 0.5) is 10.6 Å². The summed E-state index contributed by atoms with van der Waals surface area (Å²) < 4.78 is 0. The fourth-order valence-corrected chi connectivity index (χ4v) is 2.99. The molecule has 2 fully saturated rings. The number of nitrogens with one attached hydrogen (secondary N) is 2. The Morgan fingerprint density at radius 1 is 1.35 bits per heavy atom. The van der Waals surface area contributed by atoms with Crippen molar-refractivity contribution in [2.45, 2.75) is 37.8 Å². The molecule has 106 valence electrons. The average Bonchev–Trinajstić information content (AvgIpc) is 3.01. The Bertz CT molecular complexity index is 535. The van der Waals surface area contributed by atoms with Crippen LogP contribution in [-0.2, 0) is 11.3 Å². The first kappa shape index (κ1) is 12.9. The van der Waals surface area contributed by atoms with Gasteiger partial charge < -0.3 is 10.6 Å². The minimum absolute atomic E-state index is 0.0855. The van der Waals surface area contributed by atoms with Crippen LogP contribution in [0.1, 0.15) is 31.2 Å². The van der Waals surface area contributed by atoms with Crippen molar-refractivity contribution < 1.29 is 9.59 Å². The van der Waals surface area contributed by atoms with Crippen LogP contribution >= 0.6 is 0 Å². The number of aromatic nitrogens is 1. The summed E-state index contributed by atoms with van der Waals surface area (Å²) in [5, 5.41) is 5.81. The monoisotopic (exact) mass is 274 g/mol. The van der Waals surface area contributed by atoms with Crippen LogP contribution in [0.15, 0.2) is 18.3 Å². The molecule has 1 saturated carbocycles. The van der Waals surface area contributed by atoms with Gasteiger partial charge in [-0.1, -0.05) is 18.9 Å². The lowest BCUT2D eigenvalue weighted by Crippen LogP contribution is -2.44. The highest BCUT2D eigenvalue weighted by atomic mass is 16.2. The number of carbonyl (C=O) groups excluding carboxylic acids is 2. The Morgan fingerprint density at radius 3 is 2.70 bits per heavy atom. The standard InChI is InChI=1S/C14H18N4O2/c1-15-11-5-4-10(8-16-11)9-18-12(19)14(17-13(18)20)6-2-3-7-14/h4-5,8H,2-3,6-7,9H2,1H3,(H,15,16)(H,17,20). The van der Waals surface area contributed by atoms with Crippen molar-refractivity contribution in [3.63, 3.8) is 0 Å². The van der Waals surface area contributed by atoms with E-state index in [4.69, 9.17) is 0 Å². The van der Waals surface area contributed by atoms with E-state index in [1.807, 2.05) is 12.1 Å². The number of rotatable bonds is 3. The van der Waals surface area contributed by atoms with Gasteiger partial charge in [-0.25, -0.2) is 9.78 Å². The minimum atomic E-state index is -0.630. The molecule has 0 atom stereocenters. The zero-order chi connectivity index (χ0) is 14.2. The van der Waals surface area contributed by atoms with Crippen molar-refractivity contribution in [1.29, 1.82) is 0 Å². The zero-order valence-electron chi connectivity index (χ0n) is 11.5. The van der Waals surface area contributed by atoms with Crippen molar-refractivity contribution >= 4 is 17.8 Å². The van der Waals surface area contributed by atoms with Gasteiger partial charge in [0, 0.05) is 13.2 Å². The van der Waals surface area contributed by atoms with Gasteiger partial charge in [0.05, 0.1) is 6.54 Å². The predicted molar refractivity (Wildman–Crippen MR) is 74.1 cm³/mol. The number of carbonyl (C=O) groups is 2. The van der Waals surface area contributed by atoms with E-state index >= 15 is 0 Å². The van der Waals surface area contributed by atoms with Crippen molar-refractivity contribution in [2.75, 3.05) is 12.4 Å². The molecule has 20 heavy (non-hydrogen) atoms. The summed E-state index contributed by atoms with van der Waals surface area (Å²) in [5.41, 5.74) is 0.220. The van der Waals surface area contributed by atoms with Crippen LogP contribution in [0.25, 0.3) is 0 Å². The summed E-state index contributed by atoms with van der Waals surface area (Å²) >= 11 is 0. The highest BCUT2D eigenvalue weighted by Crippen LogP contribution is 2.35. The number of imide groups is 1. The first-order valence-corrected chi connectivity index (χ1v) is 6.91. The number of anilines is 1. The van der Waals surface area contributed by atoms with Gasteiger partial charge >= 0.3 is 6.03 Å². The summed E-state index contributed by atoms with van der Waals surface area (Å²) in [6.07, 6.45) is 5.19. The molecule has 1 aromatic heterocycles. The molecule has 1 aliphatic heterocycles. The highest BCUT2D eigenvalue weighted by molar-refractivity contribution is 6.07. The Balaban J connectivity index is 1.76. The number of nitrogens with zero attached hydrogens (tertiary/aromatic N) is 2. The molecule has 3 amide bonds. The molecule has 1 aromatic rings. The van der Waals surface area contributed by atoms with Crippen LogP contribution in [0.5, 0.6) is 0 Å². The number of hydrogen-bond donors (Lipinski definition) is 2. The van der Waals surface area contributed by atoms with Crippen LogP contribution < -0.4 is 10.6 Å². The lowest BCUT2D eigenvalue weighted by molar-refractivity contribution is -0.131. The molecule has 6 heteroatoms. The molecule has 6 nitrogen and oxygen atoms in total. The summed E-state index contributed by atoms with van der Waals surface area (Å²) in [5.74, 6) is 0.677. The second-order valence-electron chi connectivity index (χ2n) is 5.41. The maximum absolute atomic E-state index is 12.5. The molecule has 1 saturated heterocycles. The smallest absolute Gasteiger partial charge is 0.325 e. The van der Waals surface area contributed by atoms with E-state index in [0.717, 1.165) is 37.1 Å². The maximum Gasteiger partial charge on any atom is 0.325 e. The molecule has 2 N–H and O–H groups in total. The van der Waals surface area contributed by atoms with Crippen LogP contribution in [0.2, 0.25) is 0 Å². The third-order valence-corrected chi connectivity index (χ3v) is 4.12. The van der Waals surface area contributed by atoms with E-state index in [1.54, 1.807) is 13.2 Å². The van der Waals surface area contributed by atoms with E-state index in [9.17, 15) is 9.59 Å². The van der Waals surface area contributed by atoms with Gasteiger partial charge in [0.25, 0.3) is 5.91 Å². The molecule has 2 heterocycles. The average molecular weight is 274 g/mol. The Labute approximate surface area is 117 Å². The van der Waals surface area contributed by atoms with E-state index in [0.29, 0.717) is 0 Å². The molecule has 0 radical (unpaired) electrons. The molecule has 3 rings (SSSR count). The third kappa shape index (κ3) is 2.01. The maximum atomic E-state index is 12.5. The lowest BCUT2D eigenvalue weighted by atomic mass is 9.98. The molecular weight excluding hydrogens is 256 g/mol. The number of amides is 3. The van der Waals surface area contributed by atoms with Crippen molar-refractivity contribution in [2.24, 2.45) is 0 Å². The van der Waals surface area contributed by atoms with Gasteiger partial charge in [-0.15, -0.1) is 0 Å². The fraction of sp³-hybridized carbons (Fsp3) is 0.500. The minimum Gasteiger partial charge on any atom is -0.373 e. The first-order chi connectivity index (χ1) is 9.64. The summed E-state index contributed by atoms with van der Waals surface area (Å²) in [6, 6.07) is 3.42. The predicted octanol–water partition coefficient (Wildman–Crippen LogP) is 1.49. The van der Waals surface area contributed by atoms with Gasteiger partial charge in [0.15, 0.2) is 0 Å². The first-order valence-electron chi connectivity index (χ1n) is 6.91. The lowest BCUT2D eigenvalue weighted by Gasteiger charge is -2.20. The Morgan fingerprint density at radius 2 is 2.10 bits per heavy atom. The van der Waals surface area contributed by atoms with E-state index < -0.39 is 5.54 Å². The number of urea groups is 1. The van der Waals surface area contributed by atoms with Crippen molar-refractivity contribution in [3.05, 3.63) is 23.9 Å². The van der Waals surface area contributed by atoms with E-state index in [1.165, 1.54) is 4.90 Å². The van der Waals surface area contributed by atoms with Gasteiger partial charge in [-0.2, -0.15) is 0 Å². The fourth-order valence-electron chi connectivity index (χ4n) is 2.99. The van der Waals surface area contributed by atoms with E-state index in [2.05, 4.69) is 15.6 Å². The van der Waals surface area contributed by atoms with Gasteiger partial charge in [-0.05, 0) is 24.5 Å². The molecular formula is C14H18N4O2. The third-order valence-electron chi connectivity index (χ3n) is 4.12. The molecule has 0 aromatic carbocycles. The molecule has 0 bridgehead atoms. The van der Waals surface area contributed by atoms with Gasteiger partial charge in [0.2, 0.25) is 0 Å². The highest BCUT2D eigenvalue weighted by Gasteiger charge is 2.52. The van der Waals surface area contributed by atoms with Crippen molar-refractivity contribution in [3.8, 4) is 0 Å². The zero-order valence-corrected chi connectivity index (χ0v) is 11.5. The van der Waals surface area contributed by atoms with Crippen molar-refractivity contribution in [1.82, 2.24) is 15.2 Å². The summed E-state index contributed by atoms with van der Waals surface area (Å²) in [6.45, 7) is 0.281. The van der Waals surface area contributed by atoms with Crippen LogP contribution in [0, 0.1) is 0 Å². The second-order valence-corrected chi connectivity index (χ2v) is 5.41. The molecule has 1 aliphatic carbocycles. The molecule has 0 unspecified atom stereocenters. The quantitative estimate of drug-likeness (QED) is 0.819. The van der Waals surface area contributed by atoms with Crippen LogP contribution in [0.3, 0.4) is 0 Å². The van der Waals surface area contributed by atoms with Gasteiger partial charge in [0.1, 0.15) is 11.4 Å². The Kier molecular flexibility index (Phi) is 3.08. The molecule has 2 aliphatic rings. The molecule has 1 spiro atoms. The van der Waals surface area contributed by atoms with E-state index in [-0.39, 0.29) is 18.5 Å². The van der Waals surface area contributed by atoms with Gasteiger partial charge in [-0.3, -0.25) is 9.69 Å². The Hall–Kier alpha value is -2.11. The summed E-state index contributed by atoms with van der Waals surface area (Å²) in [4.78, 5) is 30.0. The van der Waals surface area contributed by atoms with Crippen LogP contribution in [-0.4, -0.2) is 34.4 Å². The SMILES string of the molecule is CNc1ccc(CN2C(=O)NC3(CCCC3)C2=O)cn1. The topological polar surface area (TPSA) is 74.3 Å².